The Kier molecular flexibility index (Phi) is 4.01. The van der Waals surface area contributed by atoms with Gasteiger partial charge in [0.2, 0.25) is 5.91 Å². The van der Waals surface area contributed by atoms with E-state index in [4.69, 9.17) is 18.0 Å². The number of allylic oxidation sites excluding steroid dienone is 1. The number of hydrogen-bond donors (Lipinski definition) is 3. The van der Waals surface area contributed by atoms with Crippen molar-refractivity contribution >= 4 is 23.1 Å². The lowest BCUT2D eigenvalue weighted by Crippen LogP contribution is -2.48. The molecule has 20 heavy (non-hydrogen) atoms. The number of amides is 1. The zero-order valence-corrected chi connectivity index (χ0v) is 11.7. The molecular formula is C14H14N4OS. The Morgan fingerprint density at radius 2 is 2.10 bits per heavy atom. The summed E-state index contributed by atoms with van der Waals surface area (Å²) >= 11 is 5.23. The van der Waals surface area contributed by atoms with Gasteiger partial charge in [-0.25, -0.2) is 0 Å². The molecule has 0 radical (unpaired) electrons. The maximum Gasteiger partial charge on any atom is 0.230 e. The van der Waals surface area contributed by atoms with Gasteiger partial charge in [0.1, 0.15) is 11.7 Å². The number of thiocarbonyl (C=S) groups is 1. The Morgan fingerprint density at radius 1 is 1.45 bits per heavy atom. The van der Waals surface area contributed by atoms with Gasteiger partial charge in [0.15, 0.2) is 0 Å². The Morgan fingerprint density at radius 3 is 2.65 bits per heavy atom. The topological polar surface area (TPSA) is 90.9 Å². The lowest BCUT2D eigenvalue weighted by Gasteiger charge is -2.32. The van der Waals surface area contributed by atoms with E-state index in [1.54, 1.807) is 7.05 Å². The number of benzene rings is 1. The van der Waals surface area contributed by atoms with E-state index in [0.29, 0.717) is 10.6 Å². The zero-order chi connectivity index (χ0) is 14.7. The third-order valence-electron chi connectivity index (χ3n) is 3.28. The molecule has 0 fully saturated rings. The predicted molar refractivity (Wildman–Crippen MR) is 79.3 cm³/mol. The summed E-state index contributed by atoms with van der Waals surface area (Å²) in [4.78, 5) is 12.4. The maximum atomic E-state index is 12.1. The Labute approximate surface area is 122 Å². The molecule has 6 heteroatoms. The van der Waals surface area contributed by atoms with E-state index in [0.717, 1.165) is 5.56 Å². The molecule has 1 amide bonds. The van der Waals surface area contributed by atoms with E-state index in [1.165, 1.54) is 0 Å². The number of nitrogens with one attached hydrogen (secondary N) is 2. The van der Waals surface area contributed by atoms with Crippen LogP contribution in [0.15, 0.2) is 41.7 Å². The lowest BCUT2D eigenvalue weighted by atomic mass is 9.78. The minimum absolute atomic E-state index is 0.214. The molecule has 1 aromatic rings. The number of nitrogens with zero attached hydrogens (tertiary/aromatic N) is 1. The van der Waals surface area contributed by atoms with Crippen molar-refractivity contribution in [1.82, 2.24) is 10.6 Å². The summed E-state index contributed by atoms with van der Waals surface area (Å²) in [6, 6.07) is 11.4. The van der Waals surface area contributed by atoms with Crippen LogP contribution < -0.4 is 16.4 Å². The largest absolute Gasteiger partial charge is 0.384 e. The number of nitrogens with two attached hydrogens (primary N) is 1. The molecule has 0 saturated carbocycles. The SMILES string of the molecule is CNC(=O)[C@H]1C(=S)NC(N)=C(C#N)[C@@H]1c1ccccc1. The quantitative estimate of drug-likeness (QED) is 0.698. The van der Waals surface area contributed by atoms with Gasteiger partial charge in [-0.2, -0.15) is 5.26 Å². The van der Waals surface area contributed by atoms with Crippen molar-refractivity contribution in [2.75, 3.05) is 7.05 Å². The Balaban J connectivity index is 2.59. The second-order valence-electron chi connectivity index (χ2n) is 4.41. The molecule has 0 aliphatic carbocycles. The molecule has 1 heterocycles. The summed E-state index contributed by atoms with van der Waals surface area (Å²) in [5, 5.41) is 14.7. The molecule has 5 nitrogen and oxygen atoms in total. The van der Waals surface area contributed by atoms with Crippen LogP contribution >= 0.6 is 12.2 Å². The van der Waals surface area contributed by atoms with Crippen molar-refractivity contribution in [2.45, 2.75) is 5.92 Å². The van der Waals surface area contributed by atoms with Gasteiger partial charge in [0.25, 0.3) is 0 Å². The molecular weight excluding hydrogens is 272 g/mol. The maximum absolute atomic E-state index is 12.1. The summed E-state index contributed by atoms with van der Waals surface area (Å²) < 4.78 is 0. The molecule has 1 aromatic carbocycles. The Bertz CT molecular complexity index is 618. The van der Waals surface area contributed by atoms with Crippen LogP contribution in [0.25, 0.3) is 0 Å². The molecule has 0 spiro atoms. The molecule has 2 rings (SSSR count). The van der Waals surface area contributed by atoms with Gasteiger partial charge in [-0.3, -0.25) is 4.79 Å². The molecule has 1 aliphatic rings. The van der Waals surface area contributed by atoms with Crippen LogP contribution in [0.2, 0.25) is 0 Å². The van der Waals surface area contributed by atoms with E-state index in [-0.39, 0.29) is 11.7 Å². The molecule has 1 aliphatic heterocycles. The van der Waals surface area contributed by atoms with Crippen molar-refractivity contribution in [1.29, 1.82) is 5.26 Å². The first-order valence-electron chi connectivity index (χ1n) is 6.07. The number of carbonyl (C=O) groups excluding carboxylic acids is 1. The smallest absolute Gasteiger partial charge is 0.230 e. The standard InChI is InChI=1S/C14H14N4OS/c1-17-13(19)11-10(8-5-3-2-4-6-8)9(7-15)12(16)18-14(11)20/h2-6,10-11H,16H2,1H3,(H,17,19)(H,18,20)/t10-,11-/m0/s1. The van der Waals surface area contributed by atoms with Crippen molar-refractivity contribution in [3.05, 3.63) is 47.3 Å². The summed E-state index contributed by atoms with van der Waals surface area (Å²) in [6.07, 6.45) is 0. The van der Waals surface area contributed by atoms with Crippen LogP contribution in [0.5, 0.6) is 0 Å². The Hall–Kier alpha value is -2.39. The molecule has 0 unspecified atom stereocenters. The number of rotatable bonds is 2. The fraction of sp³-hybridized carbons (Fsp3) is 0.214. The summed E-state index contributed by atoms with van der Waals surface area (Å²) in [5.74, 6) is -1.13. The number of nitriles is 1. The molecule has 0 saturated heterocycles. The third kappa shape index (κ3) is 2.36. The van der Waals surface area contributed by atoms with E-state index in [2.05, 4.69) is 16.7 Å². The second kappa shape index (κ2) is 5.72. The van der Waals surface area contributed by atoms with Gasteiger partial charge in [0, 0.05) is 13.0 Å². The molecule has 0 aromatic heterocycles. The van der Waals surface area contributed by atoms with Crippen molar-refractivity contribution in [3.8, 4) is 6.07 Å². The average Bonchev–Trinajstić information content (AvgIpc) is 2.46. The minimum atomic E-state index is -0.639. The minimum Gasteiger partial charge on any atom is -0.384 e. The van der Waals surface area contributed by atoms with Crippen LogP contribution in [-0.2, 0) is 4.79 Å². The van der Waals surface area contributed by atoms with Gasteiger partial charge < -0.3 is 16.4 Å². The lowest BCUT2D eigenvalue weighted by molar-refractivity contribution is -0.122. The highest BCUT2D eigenvalue weighted by Gasteiger charge is 2.40. The number of carbonyl (C=O) groups is 1. The van der Waals surface area contributed by atoms with Crippen LogP contribution in [-0.4, -0.2) is 17.9 Å². The number of hydrogen-bond acceptors (Lipinski definition) is 4. The first kappa shape index (κ1) is 14.0. The van der Waals surface area contributed by atoms with Gasteiger partial charge in [0.05, 0.1) is 16.6 Å². The van der Waals surface area contributed by atoms with Crippen molar-refractivity contribution < 1.29 is 4.79 Å². The van der Waals surface area contributed by atoms with Gasteiger partial charge in [-0.05, 0) is 5.56 Å². The van der Waals surface area contributed by atoms with Crippen LogP contribution in [0.4, 0.5) is 0 Å². The first-order valence-corrected chi connectivity index (χ1v) is 6.48. The van der Waals surface area contributed by atoms with Crippen LogP contribution in [0.1, 0.15) is 11.5 Å². The highest BCUT2D eigenvalue weighted by molar-refractivity contribution is 7.80. The van der Waals surface area contributed by atoms with Crippen LogP contribution in [0, 0.1) is 17.2 Å². The monoisotopic (exact) mass is 286 g/mol. The zero-order valence-electron chi connectivity index (χ0n) is 10.9. The van der Waals surface area contributed by atoms with Crippen molar-refractivity contribution in [3.63, 3.8) is 0 Å². The summed E-state index contributed by atoms with van der Waals surface area (Å²) in [5.41, 5.74) is 7.01. The summed E-state index contributed by atoms with van der Waals surface area (Å²) in [7, 11) is 1.54. The molecule has 4 N–H and O–H groups in total. The van der Waals surface area contributed by atoms with E-state index < -0.39 is 11.8 Å². The van der Waals surface area contributed by atoms with E-state index >= 15 is 0 Å². The van der Waals surface area contributed by atoms with E-state index in [1.807, 2.05) is 30.3 Å². The molecule has 2 atom stereocenters. The van der Waals surface area contributed by atoms with Crippen LogP contribution in [0.3, 0.4) is 0 Å². The normalized spacial score (nSPS) is 21.9. The van der Waals surface area contributed by atoms with E-state index in [9.17, 15) is 10.1 Å². The first-order chi connectivity index (χ1) is 9.60. The second-order valence-corrected chi connectivity index (χ2v) is 4.85. The molecule has 102 valence electrons. The highest BCUT2D eigenvalue weighted by Crippen LogP contribution is 2.36. The van der Waals surface area contributed by atoms with Crippen molar-refractivity contribution in [2.24, 2.45) is 11.7 Å². The van der Waals surface area contributed by atoms with Gasteiger partial charge >= 0.3 is 0 Å². The fourth-order valence-electron chi connectivity index (χ4n) is 2.34. The summed E-state index contributed by atoms with van der Waals surface area (Å²) in [6.45, 7) is 0. The fourth-order valence-corrected chi connectivity index (χ4v) is 2.69. The van der Waals surface area contributed by atoms with Gasteiger partial charge in [-0.15, -0.1) is 0 Å². The third-order valence-corrected chi connectivity index (χ3v) is 3.64. The van der Waals surface area contributed by atoms with Gasteiger partial charge in [-0.1, -0.05) is 42.5 Å². The molecule has 0 bridgehead atoms. The highest BCUT2D eigenvalue weighted by atomic mass is 32.1. The average molecular weight is 286 g/mol. The predicted octanol–water partition coefficient (Wildman–Crippen LogP) is 0.757.